The van der Waals surface area contributed by atoms with E-state index < -0.39 is 15.8 Å². The number of ketones is 1. The van der Waals surface area contributed by atoms with E-state index in [0.717, 1.165) is 5.56 Å². The van der Waals surface area contributed by atoms with Crippen LogP contribution in [0.15, 0.2) is 76.5 Å². The first kappa shape index (κ1) is 17.2. The molecular formula is C21H14O5S. The summed E-state index contributed by atoms with van der Waals surface area (Å²) in [5.41, 5.74) is 1.28. The molecule has 5 nitrogen and oxygen atoms in total. The van der Waals surface area contributed by atoms with Gasteiger partial charge >= 0.3 is 5.97 Å². The highest BCUT2D eigenvalue weighted by molar-refractivity contribution is 7.91. The summed E-state index contributed by atoms with van der Waals surface area (Å²) in [5, 5.41) is 0. The van der Waals surface area contributed by atoms with E-state index >= 15 is 0 Å². The average molecular weight is 378 g/mol. The normalized spacial score (nSPS) is 14.2. The van der Waals surface area contributed by atoms with Crippen molar-refractivity contribution >= 4 is 21.6 Å². The largest absolute Gasteiger partial charge is 0.423 e. The second-order valence-corrected chi connectivity index (χ2v) is 8.13. The summed E-state index contributed by atoms with van der Waals surface area (Å²) in [4.78, 5) is 24.8. The quantitative estimate of drug-likeness (QED) is 0.393. The van der Waals surface area contributed by atoms with Gasteiger partial charge in [0.05, 0.1) is 15.4 Å². The molecule has 0 atom stereocenters. The number of esters is 1. The molecule has 134 valence electrons. The van der Waals surface area contributed by atoms with Crippen molar-refractivity contribution in [1.29, 1.82) is 0 Å². The summed E-state index contributed by atoms with van der Waals surface area (Å²) in [6.07, 6.45) is 0. The van der Waals surface area contributed by atoms with Gasteiger partial charge in [0, 0.05) is 11.1 Å². The van der Waals surface area contributed by atoms with Gasteiger partial charge < -0.3 is 4.74 Å². The number of benzene rings is 3. The summed E-state index contributed by atoms with van der Waals surface area (Å²) in [6, 6.07) is 16.9. The number of hydrogen-bond donors (Lipinski definition) is 0. The number of carbonyl (C=O) groups is 2. The Morgan fingerprint density at radius 3 is 2.26 bits per heavy atom. The number of ether oxygens (including phenoxy) is 1. The molecule has 1 heterocycles. The Balaban J connectivity index is 1.75. The number of fused-ring (bicyclic) bond motifs is 2. The average Bonchev–Trinajstić information content (AvgIpc) is 2.68. The van der Waals surface area contributed by atoms with Crippen LogP contribution in [0.25, 0.3) is 0 Å². The van der Waals surface area contributed by atoms with E-state index in [4.69, 9.17) is 4.74 Å². The van der Waals surface area contributed by atoms with E-state index in [-0.39, 0.29) is 32.3 Å². The van der Waals surface area contributed by atoms with E-state index in [1.807, 2.05) is 6.92 Å². The highest BCUT2D eigenvalue weighted by atomic mass is 32.2. The van der Waals surface area contributed by atoms with Crippen LogP contribution in [0.5, 0.6) is 5.75 Å². The molecule has 0 aromatic heterocycles. The molecule has 4 rings (SSSR count). The fraction of sp³-hybridized carbons (Fsp3) is 0.0476. The minimum Gasteiger partial charge on any atom is -0.423 e. The molecule has 1 aliphatic rings. The molecule has 6 heteroatoms. The second kappa shape index (κ2) is 6.17. The van der Waals surface area contributed by atoms with Crippen LogP contribution in [0.1, 0.15) is 31.8 Å². The van der Waals surface area contributed by atoms with Crippen LogP contribution in [0.4, 0.5) is 0 Å². The first-order valence-corrected chi connectivity index (χ1v) is 9.68. The van der Waals surface area contributed by atoms with Crippen molar-refractivity contribution in [2.75, 3.05) is 0 Å². The van der Waals surface area contributed by atoms with Crippen molar-refractivity contribution in [3.63, 3.8) is 0 Å². The van der Waals surface area contributed by atoms with Crippen molar-refractivity contribution in [2.45, 2.75) is 16.7 Å². The number of rotatable bonds is 2. The van der Waals surface area contributed by atoms with Gasteiger partial charge in [-0.25, -0.2) is 13.2 Å². The maximum absolute atomic E-state index is 12.9. The number of sulfone groups is 1. The highest BCUT2D eigenvalue weighted by Crippen LogP contribution is 2.34. The van der Waals surface area contributed by atoms with Gasteiger partial charge in [0.1, 0.15) is 5.75 Å². The lowest BCUT2D eigenvalue weighted by Crippen LogP contribution is -2.21. The Hall–Kier alpha value is -3.25. The molecule has 0 saturated carbocycles. The van der Waals surface area contributed by atoms with Crippen LogP contribution in [-0.2, 0) is 9.84 Å². The van der Waals surface area contributed by atoms with Gasteiger partial charge in [0.15, 0.2) is 5.78 Å². The van der Waals surface area contributed by atoms with Gasteiger partial charge in [-0.05, 0) is 49.4 Å². The van der Waals surface area contributed by atoms with Gasteiger partial charge in [0.25, 0.3) is 0 Å². The predicted octanol–water partition coefficient (Wildman–Crippen LogP) is 3.59. The molecule has 1 aliphatic heterocycles. The van der Waals surface area contributed by atoms with Crippen molar-refractivity contribution < 1.29 is 22.7 Å². The minimum absolute atomic E-state index is 0.0495. The summed E-state index contributed by atoms with van der Waals surface area (Å²) in [7, 11) is -3.90. The smallest absolute Gasteiger partial charge is 0.343 e. The van der Waals surface area contributed by atoms with Crippen LogP contribution in [0.2, 0.25) is 0 Å². The van der Waals surface area contributed by atoms with E-state index in [9.17, 15) is 18.0 Å². The number of aryl methyl sites for hydroxylation is 1. The lowest BCUT2D eigenvalue weighted by molar-refractivity contribution is 0.0734. The zero-order chi connectivity index (χ0) is 19.2. The summed E-state index contributed by atoms with van der Waals surface area (Å²) in [5.74, 6) is -0.718. The molecule has 0 bridgehead atoms. The van der Waals surface area contributed by atoms with E-state index in [1.165, 1.54) is 30.3 Å². The Morgan fingerprint density at radius 1 is 0.852 bits per heavy atom. The van der Waals surface area contributed by atoms with Crippen molar-refractivity contribution in [1.82, 2.24) is 0 Å². The Morgan fingerprint density at radius 2 is 1.52 bits per heavy atom. The number of hydrogen-bond acceptors (Lipinski definition) is 5. The molecule has 0 fully saturated rings. The molecule has 0 unspecified atom stereocenters. The monoisotopic (exact) mass is 378 g/mol. The lowest BCUT2D eigenvalue weighted by atomic mass is 10.0. The van der Waals surface area contributed by atoms with E-state index in [0.29, 0.717) is 5.75 Å². The van der Waals surface area contributed by atoms with Crippen LogP contribution < -0.4 is 4.74 Å². The third-order valence-electron chi connectivity index (χ3n) is 4.40. The zero-order valence-electron chi connectivity index (χ0n) is 14.3. The highest BCUT2D eigenvalue weighted by Gasteiger charge is 2.35. The number of carbonyl (C=O) groups excluding carboxylic acids is 2. The molecule has 0 amide bonds. The molecule has 0 spiro atoms. The maximum atomic E-state index is 12.9. The molecule has 0 aliphatic carbocycles. The van der Waals surface area contributed by atoms with Crippen LogP contribution in [0, 0.1) is 6.92 Å². The fourth-order valence-electron chi connectivity index (χ4n) is 2.98. The van der Waals surface area contributed by atoms with Crippen molar-refractivity contribution in [2.24, 2.45) is 0 Å². The van der Waals surface area contributed by atoms with Gasteiger partial charge in [0.2, 0.25) is 9.84 Å². The Kier molecular flexibility index (Phi) is 3.93. The molecule has 0 saturated heterocycles. The first-order chi connectivity index (χ1) is 12.9. The van der Waals surface area contributed by atoms with Crippen LogP contribution in [0.3, 0.4) is 0 Å². The second-order valence-electron chi connectivity index (χ2n) is 6.24. The molecule has 0 radical (unpaired) electrons. The van der Waals surface area contributed by atoms with E-state index in [2.05, 4.69) is 0 Å². The summed E-state index contributed by atoms with van der Waals surface area (Å²) >= 11 is 0. The van der Waals surface area contributed by atoms with Gasteiger partial charge in [-0.3, -0.25) is 4.79 Å². The van der Waals surface area contributed by atoms with Crippen molar-refractivity contribution in [3.05, 3.63) is 89.0 Å². The predicted molar refractivity (Wildman–Crippen MR) is 97.9 cm³/mol. The van der Waals surface area contributed by atoms with Gasteiger partial charge in [-0.2, -0.15) is 0 Å². The van der Waals surface area contributed by atoms with Gasteiger partial charge in [-0.15, -0.1) is 0 Å². The lowest BCUT2D eigenvalue weighted by Gasteiger charge is -2.19. The van der Waals surface area contributed by atoms with Crippen molar-refractivity contribution in [3.8, 4) is 5.75 Å². The minimum atomic E-state index is -3.90. The molecular weight excluding hydrogens is 364 g/mol. The topological polar surface area (TPSA) is 77.5 Å². The molecule has 3 aromatic rings. The van der Waals surface area contributed by atoms with Gasteiger partial charge in [-0.1, -0.05) is 29.8 Å². The summed E-state index contributed by atoms with van der Waals surface area (Å²) < 4.78 is 31.1. The first-order valence-electron chi connectivity index (χ1n) is 8.19. The molecule has 3 aromatic carbocycles. The van der Waals surface area contributed by atoms with E-state index in [1.54, 1.807) is 36.4 Å². The Labute approximate surface area is 156 Å². The van der Waals surface area contributed by atoms with Crippen LogP contribution in [-0.4, -0.2) is 20.2 Å². The fourth-order valence-corrected chi connectivity index (χ4v) is 4.66. The third kappa shape index (κ3) is 2.84. The SMILES string of the molecule is Cc1ccc(OC(=O)c2ccc3c(c2)S(=O)(=O)c2ccccc2C3=O)cc1. The standard InChI is InChI=1S/C21H14O5S/c1-13-6-9-15(10-7-13)26-21(23)14-8-11-17-19(12-14)27(24,25)18-5-3-2-4-16(18)20(17)22/h2-12H,1H3. The Bertz CT molecular complexity index is 1190. The summed E-state index contributed by atoms with van der Waals surface area (Å²) in [6.45, 7) is 1.91. The molecule has 0 N–H and O–H groups in total. The molecule has 27 heavy (non-hydrogen) atoms. The zero-order valence-corrected chi connectivity index (χ0v) is 15.1. The van der Waals surface area contributed by atoms with Crippen LogP contribution >= 0.6 is 0 Å². The maximum Gasteiger partial charge on any atom is 0.343 e. The third-order valence-corrected chi connectivity index (χ3v) is 6.26.